The average Bonchev–Trinajstić information content (AvgIpc) is 2.34. The molecular weight excluding hydrogens is 417 g/mol. The Hall–Kier alpha value is 2.53. The minimum Gasteiger partial charge on any atom is -0.163 e. The summed E-state index contributed by atoms with van der Waals surface area (Å²) >= 11 is 4.28. The van der Waals surface area contributed by atoms with Crippen molar-refractivity contribution >= 4 is 85.2 Å². The summed E-state index contributed by atoms with van der Waals surface area (Å²) in [5, 5.41) is 0. The third-order valence-electron chi connectivity index (χ3n) is 3.01. The standard InChI is InChI=1S/C14H34S6Si2/c1-7-15-11(21)9-13(3,4)17-19-20-18-14(5,6)10-12(22)16-8-2/h11-12H,7-10H2,1-6,21-22H3. The van der Waals surface area contributed by atoms with Crippen molar-refractivity contribution in [2.45, 2.75) is 73.6 Å². The van der Waals surface area contributed by atoms with Gasteiger partial charge in [0.15, 0.2) is 0 Å². The first-order valence-corrected chi connectivity index (χ1v) is 17.3. The molecule has 0 aliphatic carbocycles. The Bertz CT molecular complexity index is 261. The van der Waals surface area contributed by atoms with E-state index in [1.54, 1.807) is 0 Å². The Morgan fingerprint density at radius 3 is 1.32 bits per heavy atom. The molecular formula is C14H34S6Si2. The van der Waals surface area contributed by atoms with Crippen LogP contribution in [0.5, 0.6) is 0 Å². The second-order valence-corrected chi connectivity index (χ2v) is 21.7. The van der Waals surface area contributed by atoms with Gasteiger partial charge in [-0.1, -0.05) is 35.4 Å². The molecule has 22 heavy (non-hydrogen) atoms. The first-order valence-electron chi connectivity index (χ1n) is 8.05. The van der Waals surface area contributed by atoms with Crippen molar-refractivity contribution in [1.82, 2.24) is 0 Å². The van der Waals surface area contributed by atoms with Gasteiger partial charge >= 0.3 is 0 Å². The van der Waals surface area contributed by atoms with Crippen LogP contribution in [0, 0.1) is 0 Å². The minimum atomic E-state index is 0.398. The number of rotatable bonds is 13. The van der Waals surface area contributed by atoms with E-state index in [-0.39, 0.29) is 0 Å². The van der Waals surface area contributed by atoms with Gasteiger partial charge in [-0.05, 0) is 81.4 Å². The third-order valence-corrected chi connectivity index (χ3v) is 15.9. The maximum Gasteiger partial charge on any atom is 0.0223 e. The molecule has 0 nitrogen and oxygen atoms in total. The molecule has 0 aromatic heterocycles. The van der Waals surface area contributed by atoms with Gasteiger partial charge in [-0.2, -0.15) is 23.5 Å². The van der Waals surface area contributed by atoms with Gasteiger partial charge in [-0.15, -0.1) is 0 Å². The van der Waals surface area contributed by atoms with Crippen LogP contribution in [0.2, 0.25) is 0 Å². The largest absolute Gasteiger partial charge is 0.163 e. The van der Waals surface area contributed by atoms with Crippen LogP contribution >= 0.6 is 64.8 Å². The monoisotopic (exact) mass is 450 g/mol. The molecule has 0 saturated heterocycles. The topological polar surface area (TPSA) is 0 Å². The number of hydrogen-bond donors (Lipinski definition) is 0. The molecule has 0 heterocycles. The predicted octanol–water partition coefficient (Wildman–Crippen LogP) is 4.89. The van der Waals surface area contributed by atoms with Gasteiger partial charge in [-0.25, -0.2) is 0 Å². The van der Waals surface area contributed by atoms with Crippen molar-refractivity contribution in [2.24, 2.45) is 0 Å². The van der Waals surface area contributed by atoms with Crippen LogP contribution < -0.4 is 0 Å². The molecule has 0 radical (unpaired) electrons. The predicted molar refractivity (Wildman–Crippen MR) is 131 cm³/mol. The van der Waals surface area contributed by atoms with Gasteiger partial charge in [0.1, 0.15) is 0 Å². The van der Waals surface area contributed by atoms with Crippen molar-refractivity contribution in [1.29, 1.82) is 0 Å². The fraction of sp³-hybridized carbons (Fsp3) is 1.00. The molecule has 0 saturated carbocycles. The Morgan fingerprint density at radius 1 is 0.727 bits per heavy atom. The quantitative estimate of drug-likeness (QED) is 0.221. The highest BCUT2D eigenvalue weighted by atomic mass is 33.7. The fourth-order valence-electron chi connectivity index (χ4n) is 2.35. The van der Waals surface area contributed by atoms with Gasteiger partial charge in [-0.3, -0.25) is 0 Å². The van der Waals surface area contributed by atoms with E-state index in [1.807, 2.05) is 19.7 Å². The zero-order chi connectivity index (χ0) is 17.2. The summed E-state index contributed by atoms with van der Waals surface area (Å²) in [6.07, 6.45) is 2.69. The minimum absolute atomic E-state index is 0.398. The Labute approximate surface area is 169 Å². The SMILES string of the molecule is CCSC([SiH3])CC(C)(C)SSSSC(C)(C)CC([SiH3])SCC. The summed E-state index contributed by atoms with van der Waals surface area (Å²) in [5.41, 5.74) is 0. The van der Waals surface area contributed by atoms with E-state index in [4.69, 9.17) is 0 Å². The highest BCUT2D eigenvalue weighted by molar-refractivity contribution is 9.26. The van der Waals surface area contributed by atoms with Crippen LogP contribution in [0.3, 0.4) is 0 Å². The molecule has 0 aromatic carbocycles. The van der Waals surface area contributed by atoms with Crippen molar-refractivity contribution < 1.29 is 0 Å². The Morgan fingerprint density at radius 2 is 1.05 bits per heavy atom. The van der Waals surface area contributed by atoms with Gasteiger partial charge in [0.25, 0.3) is 0 Å². The molecule has 0 aliphatic rings. The molecule has 0 bridgehead atoms. The summed E-state index contributed by atoms with van der Waals surface area (Å²) in [6.45, 7) is 14.2. The van der Waals surface area contributed by atoms with Gasteiger partial charge in [0.05, 0.1) is 0 Å². The van der Waals surface area contributed by atoms with Crippen LogP contribution in [-0.4, -0.2) is 51.2 Å². The molecule has 0 aromatic rings. The normalized spacial score (nSPS) is 16.1. The van der Waals surface area contributed by atoms with Crippen molar-refractivity contribution in [3.63, 3.8) is 0 Å². The molecule has 0 amide bonds. The van der Waals surface area contributed by atoms with E-state index in [2.05, 4.69) is 86.7 Å². The lowest BCUT2D eigenvalue weighted by molar-refractivity contribution is 0.679. The Kier molecular flexibility index (Phi) is 14.3. The zero-order valence-corrected chi connectivity index (χ0v) is 24.3. The lowest BCUT2D eigenvalue weighted by Gasteiger charge is -2.28. The summed E-state index contributed by atoms with van der Waals surface area (Å²) in [4.78, 5) is 1.80. The van der Waals surface area contributed by atoms with Crippen molar-refractivity contribution in [3.8, 4) is 0 Å². The summed E-state index contributed by atoms with van der Waals surface area (Å²) < 4.78 is 0.796. The zero-order valence-electron chi connectivity index (χ0n) is 15.4. The summed E-state index contributed by atoms with van der Waals surface area (Å²) in [6, 6.07) is 0. The first-order chi connectivity index (χ1) is 10.1. The maximum atomic E-state index is 2.41. The van der Waals surface area contributed by atoms with Gasteiger partial charge in [0, 0.05) is 30.0 Å². The molecule has 2 atom stereocenters. The van der Waals surface area contributed by atoms with Crippen molar-refractivity contribution in [3.05, 3.63) is 0 Å². The van der Waals surface area contributed by atoms with E-state index in [9.17, 15) is 0 Å². The highest BCUT2D eigenvalue weighted by Crippen LogP contribution is 2.54. The molecule has 8 heteroatoms. The molecule has 0 rings (SSSR count). The Balaban J connectivity index is 3.98. The second-order valence-electron chi connectivity index (χ2n) is 6.76. The molecule has 0 spiro atoms. The van der Waals surface area contributed by atoms with Crippen LogP contribution in [0.4, 0.5) is 0 Å². The van der Waals surface area contributed by atoms with E-state index in [0.717, 1.165) is 9.75 Å². The first kappa shape index (κ1) is 24.5. The molecule has 0 N–H and O–H groups in total. The van der Waals surface area contributed by atoms with E-state index in [1.165, 1.54) is 44.8 Å². The fourth-order valence-corrected chi connectivity index (χ4v) is 17.5. The van der Waals surface area contributed by atoms with Crippen LogP contribution in [0.15, 0.2) is 0 Å². The maximum absolute atomic E-state index is 2.41. The van der Waals surface area contributed by atoms with Crippen LogP contribution in [0.25, 0.3) is 0 Å². The second kappa shape index (κ2) is 12.8. The van der Waals surface area contributed by atoms with Crippen molar-refractivity contribution in [2.75, 3.05) is 11.5 Å². The van der Waals surface area contributed by atoms with Gasteiger partial charge in [0.2, 0.25) is 0 Å². The highest BCUT2D eigenvalue weighted by Gasteiger charge is 2.25. The molecule has 134 valence electrons. The van der Waals surface area contributed by atoms with E-state index in [0.29, 0.717) is 9.49 Å². The summed E-state index contributed by atoms with van der Waals surface area (Å²) in [7, 11) is 10.8. The smallest absolute Gasteiger partial charge is 0.0223 e. The number of thioether (sulfide) groups is 2. The van der Waals surface area contributed by atoms with Crippen LogP contribution in [0.1, 0.15) is 54.4 Å². The lowest BCUT2D eigenvalue weighted by atomic mass is 10.1. The molecule has 0 aliphatic heterocycles. The van der Waals surface area contributed by atoms with Gasteiger partial charge < -0.3 is 0 Å². The van der Waals surface area contributed by atoms with Crippen LogP contribution in [-0.2, 0) is 0 Å². The third kappa shape index (κ3) is 13.8. The number of hydrogen-bond acceptors (Lipinski definition) is 6. The van der Waals surface area contributed by atoms with E-state index < -0.39 is 0 Å². The molecule has 0 fully saturated rings. The lowest BCUT2D eigenvalue weighted by Crippen LogP contribution is -2.21. The molecule has 2 unspecified atom stereocenters. The van der Waals surface area contributed by atoms with E-state index >= 15 is 0 Å². The summed E-state index contributed by atoms with van der Waals surface area (Å²) in [5.74, 6) is 2.52. The average molecular weight is 451 g/mol.